The molecule has 0 spiro atoms. The number of benzene rings is 8. The van der Waals surface area contributed by atoms with Crippen molar-refractivity contribution >= 4 is 76.1 Å². The van der Waals surface area contributed by atoms with Crippen LogP contribution in [0.1, 0.15) is 22.3 Å². The largest absolute Gasteiger partial charge is 0.455 e. The van der Waals surface area contributed by atoms with E-state index in [2.05, 4.69) is 245 Å². The molecule has 0 atom stereocenters. The molecule has 0 unspecified atom stereocenters. The van der Waals surface area contributed by atoms with Gasteiger partial charge in [-0.25, -0.2) is 20.1 Å². The summed E-state index contributed by atoms with van der Waals surface area (Å²) < 4.78 is 7.23. The smallest absolute Gasteiger partial charge is 0.143 e. The third-order valence-electron chi connectivity index (χ3n) is 12.1. The summed E-state index contributed by atoms with van der Waals surface area (Å²) in [5.74, 6) is 0. The Morgan fingerprint density at radius 1 is 0.317 bits per heavy atom. The Labute approximate surface area is 377 Å². The Balaban J connectivity index is 1.19. The highest BCUT2D eigenvalue weighted by Crippen LogP contribution is 2.53. The fourth-order valence-electron chi connectivity index (χ4n) is 8.31. The van der Waals surface area contributed by atoms with Crippen LogP contribution < -0.4 is 9.80 Å². The van der Waals surface area contributed by atoms with Gasteiger partial charge in [0.25, 0.3) is 0 Å². The minimum Gasteiger partial charge on any atom is -0.455 e. The predicted molar refractivity (Wildman–Crippen MR) is 280 cm³/mol. The second kappa shape index (κ2) is 16.5. The molecule has 0 saturated carbocycles. The first-order chi connectivity index (χ1) is 30.1. The Morgan fingerprint density at radius 3 is 0.794 bits per heavy atom. The lowest BCUT2D eigenvalue weighted by Crippen LogP contribution is -2.09. The van der Waals surface area contributed by atoms with Gasteiger partial charge in [0.2, 0.25) is 0 Å². The van der Waals surface area contributed by atoms with Crippen LogP contribution in [-0.4, -0.2) is 37.5 Å². The highest BCUT2D eigenvalue weighted by molar-refractivity contribution is 8.32. The molecule has 9 rings (SSSR count). The van der Waals surface area contributed by atoms with Crippen LogP contribution in [0, 0.1) is 27.7 Å². The van der Waals surface area contributed by atoms with E-state index < -0.39 is 20.1 Å². The van der Waals surface area contributed by atoms with Crippen molar-refractivity contribution in [1.29, 1.82) is 0 Å². The average Bonchev–Trinajstić information content (AvgIpc) is 3.65. The van der Waals surface area contributed by atoms with Gasteiger partial charge < -0.3 is 14.2 Å². The van der Waals surface area contributed by atoms with Gasteiger partial charge in [-0.05, 0) is 183 Å². The zero-order valence-electron chi connectivity index (χ0n) is 38.3. The molecule has 0 bridgehead atoms. The Kier molecular flexibility index (Phi) is 11.1. The summed E-state index contributed by atoms with van der Waals surface area (Å²) in [6.07, 6.45) is 14.3. The summed E-state index contributed by atoms with van der Waals surface area (Å²) in [7, 11) is -2.17. The van der Waals surface area contributed by atoms with E-state index in [-0.39, 0.29) is 0 Å². The molecule has 0 N–H and O–H groups in total. The molecule has 1 aromatic heterocycles. The SMILES string of the molecule is Cc1ccc(N(c2ccc(C)cc2)c2ccc(-c3cc(S(C)(C)C)cc4c3oc3c(-c5ccc(N(c6ccc(C)cc6)c6ccc(C)cc6)cc5)cc(S(C)(C)C)cc34)cc2)cc1. The molecule has 0 amide bonds. The first-order valence-electron chi connectivity index (χ1n) is 21.6. The standard InChI is InChI=1S/C58H58N2OS2/c1-39-11-23-45(24-12-39)59(46-25-13-40(2)14-26-46)49-31-19-43(20-32-49)53-35-51(62(5,6)7)37-55-56-38-52(63(8,9)10)36-54(58(56)61-57(53)55)44-21-33-50(34-22-44)60(47-27-15-41(3)16-28-47)48-29-17-42(4)18-30-48/h11-38H,1-10H3. The van der Waals surface area contributed by atoms with Crippen LogP contribution in [0.15, 0.2) is 184 Å². The molecule has 0 fully saturated rings. The molecule has 1 heterocycles. The molecule has 8 aromatic carbocycles. The molecule has 0 aliphatic rings. The Morgan fingerprint density at radius 2 is 0.556 bits per heavy atom. The topological polar surface area (TPSA) is 19.6 Å². The highest BCUT2D eigenvalue weighted by Gasteiger charge is 2.24. The van der Waals surface area contributed by atoms with Crippen LogP contribution in [0.25, 0.3) is 44.2 Å². The van der Waals surface area contributed by atoms with E-state index in [9.17, 15) is 0 Å². The number of rotatable bonds is 10. The predicted octanol–water partition coefficient (Wildman–Crippen LogP) is 17.2. The summed E-state index contributed by atoms with van der Waals surface area (Å²) in [6, 6.07) is 62.9. The van der Waals surface area contributed by atoms with Gasteiger partial charge in [0.15, 0.2) is 0 Å². The fourth-order valence-corrected chi connectivity index (χ4v) is 10.2. The first-order valence-corrected chi connectivity index (χ1v) is 27.3. The highest BCUT2D eigenvalue weighted by atomic mass is 32.3. The normalized spacial score (nSPS) is 12.5. The van der Waals surface area contributed by atoms with Gasteiger partial charge >= 0.3 is 0 Å². The van der Waals surface area contributed by atoms with Crippen LogP contribution in [0.3, 0.4) is 0 Å². The van der Waals surface area contributed by atoms with Crippen molar-refractivity contribution in [3.8, 4) is 22.3 Å². The molecule has 0 radical (unpaired) electrons. The van der Waals surface area contributed by atoms with E-state index in [0.717, 1.165) is 67.5 Å². The van der Waals surface area contributed by atoms with Gasteiger partial charge in [-0.1, -0.05) is 95.1 Å². The number of furan rings is 1. The maximum atomic E-state index is 7.23. The quantitative estimate of drug-likeness (QED) is 0.137. The Bertz CT molecular complexity index is 2760. The summed E-state index contributed by atoms with van der Waals surface area (Å²) >= 11 is 0. The van der Waals surface area contributed by atoms with Gasteiger partial charge in [-0.2, -0.15) is 0 Å². The second-order valence-corrected chi connectivity index (χ2v) is 26.9. The molecular weight excluding hydrogens is 805 g/mol. The van der Waals surface area contributed by atoms with E-state index in [1.165, 1.54) is 42.8 Å². The van der Waals surface area contributed by atoms with Crippen molar-refractivity contribution in [2.24, 2.45) is 0 Å². The maximum absolute atomic E-state index is 7.23. The van der Waals surface area contributed by atoms with Gasteiger partial charge in [0.05, 0.1) is 0 Å². The molecule has 0 saturated heterocycles. The molecule has 5 heteroatoms. The van der Waals surface area contributed by atoms with Crippen LogP contribution in [0.2, 0.25) is 0 Å². The zero-order chi connectivity index (χ0) is 44.2. The maximum Gasteiger partial charge on any atom is 0.143 e. The fraction of sp³-hybridized carbons (Fsp3) is 0.172. The van der Waals surface area contributed by atoms with Crippen molar-refractivity contribution in [3.63, 3.8) is 0 Å². The van der Waals surface area contributed by atoms with E-state index >= 15 is 0 Å². The van der Waals surface area contributed by atoms with Gasteiger partial charge in [0.1, 0.15) is 11.2 Å². The number of anilines is 6. The van der Waals surface area contributed by atoms with Crippen LogP contribution >= 0.6 is 20.1 Å². The van der Waals surface area contributed by atoms with E-state index in [1.807, 2.05) is 0 Å². The third-order valence-corrected chi connectivity index (χ3v) is 15.4. The molecule has 0 aliphatic carbocycles. The first kappa shape index (κ1) is 42.2. The molecule has 318 valence electrons. The molecule has 9 aromatic rings. The van der Waals surface area contributed by atoms with Crippen LogP contribution in [0.4, 0.5) is 34.1 Å². The van der Waals surface area contributed by atoms with Crippen molar-refractivity contribution in [1.82, 2.24) is 0 Å². The second-order valence-electron chi connectivity index (χ2n) is 18.6. The van der Waals surface area contributed by atoms with Gasteiger partial charge in [-0.3, -0.25) is 0 Å². The van der Waals surface area contributed by atoms with Crippen molar-refractivity contribution < 1.29 is 4.42 Å². The number of aryl methyl sites for hydroxylation is 4. The summed E-state index contributed by atoms with van der Waals surface area (Å²) in [4.78, 5) is 7.40. The van der Waals surface area contributed by atoms with Crippen molar-refractivity contribution in [2.75, 3.05) is 47.3 Å². The minimum absolute atomic E-state index is 0.933. The molecule has 3 nitrogen and oxygen atoms in total. The minimum atomic E-state index is -1.09. The Hall–Kier alpha value is -6.14. The molecule has 0 aliphatic heterocycles. The average molecular weight is 863 g/mol. The van der Waals surface area contributed by atoms with E-state index in [0.29, 0.717) is 0 Å². The lowest BCUT2D eigenvalue weighted by atomic mass is 9.99. The molecule has 63 heavy (non-hydrogen) atoms. The van der Waals surface area contributed by atoms with E-state index in [4.69, 9.17) is 4.42 Å². The van der Waals surface area contributed by atoms with Crippen molar-refractivity contribution in [3.05, 3.63) is 192 Å². The van der Waals surface area contributed by atoms with E-state index in [1.54, 1.807) is 0 Å². The summed E-state index contributed by atoms with van der Waals surface area (Å²) in [5.41, 5.74) is 18.1. The summed E-state index contributed by atoms with van der Waals surface area (Å²) in [5, 5.41) is 2.36. The number of hydrogen-bond acceptors (Lipinski definition) is 3. The lowest BCUT2D eigenvalue weighted by molar-refractivity contribution is 0.670. The zero-order valence-corrected chi connectivity index (χ0v) is 39.9. The monoisotopic (exact) mass is 862 g/mol. The lowest BCUT2D eigenvalue weighted by Gasteiger charge is -2.27. The van der Waals surface area contributed by atoms with Gasteiger partial charge in [0, 0.05) is 56.0 Å². The van der Waals surface area contributed by atoms with Crippen LogP contribution in [-0.2, 0) is 0 Å². The number of nitrogens with zero attached hydrogens (tertiary/aromatic N) is 2. The van der Waals surface area contributed by atoms with Crippen LogP contribution in [0.5, 0.6) is 0 Å². The van der Waals surface area contributed by atoms with Gasteiger partial charge in [-0.15, -0.1) is 0 Å². The third kappa shape index (κ3) is 8.53. The number of fused-ring (bicyclic) bond motifs is 3. The number of hydrogen-bond donors (Lipinski definition) is 0. The molecular formula is C58H58N2OS2. The van der Waals surface area contributed by atoms with Crippen molar-refractivity contribution in [2.45, 2.75) is 37.5 Å². The summed E-state index contributed by atoms with van der Waals surface area (Å²) in [6.45, 7) is 8.55.